The number of carboxylic acid groups (broad SMARTS) is 1. The zero-order valence-corrected chi connectivity index (χ0v) is 12.9. The maximum atomic E-state index is 14.0. The zero-order chi connectivity index (χ0) is 16.0. The van der Waals surface area contributed by atoms with Crippen LogP contribution < -0.4 is 10.0 Å². The lowest BCUT2D eigenvalue weighted by Crippen LogP contribution is -2.28. The van der Waals surface area contributed by atoms with Gasteiger partial charge < -0.3 is 10.4 Å². The van der Waals surface area contributed by atoms with E-state index in [4.69, 9.17) is 16.7 Å². The Bertz CT molecular complexity index is 622. The molecule has 0 bridgehead atoms. The summed E-state index contributed by atoms with van der Waals surface area (Å²) in [5.74, 6) is -2.91. The standard InChI is InChI=1S/C12H16ClFN2O4S/c1-2-15-4-3-5-16-21(19,20)10-7-8(13)6-9(11(10)14)12(17)18/h6-7,15-16H,2-5H2,1H3,(H,17,18). The van der Waals surface area contributed by atoms with Crippen molar-refractivity contribution in [2.24, 2.45) is 0 Å². The summed E-state index contributed by atoms with van der Waals surface area (Å²) in [5.41, 5.74) is -0.782. The second kappa shape index (κ2) is 7.69. The Morgan fingerprint density at radius 1 is 1.38 bits per heavy atom. The fourth-order valence-corrected chi connectivity index (χ4v) is 3.07. The Morgan fingerprint density at radius 2 is 2.05 bits per heavy atom. The smallest absolute Gasteiger partial charge is 0.338 e. The highest BCUT2D eigenvalue weighted by molar-refractivity contribution is 7.89. The second-order valence-electron chi connectivity index (χ2n) is 4.18. The number of halogens is 2. The van der Waals surface area contributed by atoms with Crippen molar-refractivity contribution in [3.63, 3.8) is 0 Å². The Labute approximate surface area is 127 Å². The lowest BCUT2D eigenvalue weighted by molar-refractivity contribution is 0.0691. The number of carbonyl (C=O) groups is 1. The van der Waals surface area contributed by atoms with Gasteiger partial charge in [-0.2, -0.15) is 0 Å². The van der Waals surface area contributed by atoms with E-state index in [9.17, 15) is 17.6 Å². The Kier molecular flexibility index (Phi) is 6.53. The molecule has 0 aliphatic carbocycles. The van der Waals surface area contributed by atoms with Crippen LogP contribution in [0.1, 0.15) is 23.7 Å². The highest BCUT2D eigenvalue weighted by atomic mass is 35.5. The molecule has 0 radical (unpaired) electrons. The van der Waals surface area contributed by atoms with E-state index in [-0.39, 0.29) is 11.6 Å². The fourth-order valence-electron chi connectivity index (χ4n) is 1.59. The van der Waals surface area contributed by atoms with Gasteiger partial charge in [-0.15, -0.1) is 0 Å². The Hall–Kier alpha value is -1.22. The van der Waals surface area contributed by atoms with Crippen molar-refractivity contribution in [1.29, 1.82) is 0 Å². The molecule has 9 heteroatoms. The van der Waals surface area contributed by atoms with Crippen molar-refractivity contribution >= 4 is 27.6 Å². The Balaban J connectivity index is 2.95. The molecule has 0 atom stereocenters. The topological polar surface area (TPSA) is 95.5 Å². The van der Waals surface area contributed by atoms with Crippen molar-refractivity contribution in [3.05, 3.63) is 28.5 Å². The minimum atomic E-state index is -4.16. The van der Waals surface area contributed by atoms with Crippen LogP contribution in [0.5, 0.6) is 0 Å². The molecule has 1 rings (SSSR count). The molecule has 0 aromatic heterocycles. The molecule has 118 valence electrons. The molecule has 0 aliphatic rings. The SMILES string of the molecule is CCNCCCNS(=O)(=O)c1cc(Cl)cc(C(=O)O)c1F. The molecular weight excluding hydrogens is 323 g/mol. The van der Waals surface area contributed by atoms with Gasteiger partial charge in [0.05, 0.1) is 5.56 Å². The van der Waals surface area contributed by atoms with Gasteiger partial charge in [0.2, 0.25) is 10.0 Å². The third-order valence-corrected chi connectivity index (χ3v) is 4.27. The maximum absolute atomic E-state index is 14.0. The predicted octanol–water partition coefficient (Wildman–Crippen LogP) is 1.46. The van der Waals surface area contributed by atoms with Gasteiger partial charge in [-0.05, 0) is 31.6 Å². The van der Waals surface area contributed by atoms with Crippen molar-refractivity contribution in [3.8, 4) is 0 Å². The molecule has 6 nitrogen and oxygen atoms in total. The van der Waals surface area contributed by atoms with E-state index in [1.165, 1.54) is 0 Å². The van der Waals surface area contributed by atoms with E-state index in [0.29, 0.717) is 13.0 Å². The first-order valence-electron chi connectivity index (χ1n) is 6.22. The number of aromatic carboxylic acids is 1. The Morgan fingerprint density at radius 3 is 2.62 bits per heavy atom. The van der Waals surface area contributed by atoms with E-state index in [1.807, 2.05) is 6.92 Å². The second-order valence-corrected chi connectivity index (χ2v) is 6.35. The highest BCUT2D eigenvalue weighted by Gasteiger charge is 2.24. The molecule has 0 fully saturated rings. The molecule has 0 spiro atoms. The van der Waals surface area contributed by atoms with Crippen molar-refractivity contribution in [2.75, 3.05) is 19.6 Å². The fraction of sp³-hybridized carbons (Fsp3) is 0.417. The summed E-state index contributed by atoms with van der Waals surface area (Å²) in [4.78, 5) is 10.1. The molecular formula is C12H16ClFN2O4S. The van der Waals surface area contributed by atoms with Crippen LogP contribution in [0.3, 0.4) is 0 Å². The average molecular weight is 339 g/mol. The predicted molar refractivity (Wildman–Crippen MR) is 76.7 cm³/mol. The van der Waals surface area contributed by atoms with Gasteiger partial charge in [0.15, 0.2) is 5.82 Å². The summed E-state index contributed by atoms with van der Waals surface area (Å²) in [7, 11) is -4.16. The van der Waals surface area contributed by atoms with Gasteiger partial charge in [-0.3, -0.25) is 0 Å². The average Bonchev–Trinajstić information content (AvgIpc) is 2.40. The zero-order valence-electron chi connectivity index (χ0n) is 11.3. The molecule has 1 aromatic rings. The number of carboxylic acids is 1. The molecule has 0 saturated carbocycles. The molecule has 0 amide bonds. The summed E-state index contributed by atoms with van der Waals surface area (Å²) in [6.45, 7) is 3.39. The molecule has 0 unspecified atom stereocenters. The quantitative estimate of drug-likeness (QED) is 0.624. The van der Waals surface area contributed by atoms with Crippen LogP contribution in [0.15, 0.2) is 17.0 Å². The summed E-state index contributed by atoms with van der Waals surface area (Å²) in [6.07, 6.45) is 0.515. The maximum Gasteiger partial charge on any atom is 0.338 e. The number of nitrogens with one attached hydrogen (secondary N) is 2. The van der Waals surface area contributed by atoms with Gasteiger partial charge >= 0.3 is 5.97 Å². The highest BCUT2D eigenvalue weighted by Crippen LogP contribution is 2.23. The van der Waals surface area contributed by atoms with Crippen LogP contribution in [0.2, 0.25) is 5.02 Å². The van der Waals surface area contributed by atoms with E-state index in [0.717, 1.165) is 18.7 Å². The summed E-state index contributed by atoms with van der Waals surface area (Å²) in [5, 5.41) is 11.7. The number of hydrogen-bond donors (Lipinski definition) is 3. The minimum absolute atomic E-state index is 0.101. The first-order valence-corrected chi connectivity index (χ1v) is 8.08. The molecule has 0 aliphatic heterocycles. The number of hydrogen-bond acceptors (Lipinski definition) is 4. The summed E-state index contributed by atoms with van der Waals surface area (Å²) >= 11 is 5.64. The van der Waals surface area contributed by atoms with Crippen molar-refractivity contribution in [2.45, 2.75) is 18.2 Å². The van der Waals surface area contributed by atoms with Gasteiger partial charge in [0.1, 0.15) is 4.90 Å². The van der Waals surface area contributed by atoms with Gasteiger partial charge in [-0.25, -0.2) is 22.3 Å². The third-order valence-electron chi connectivity index (χ3n) is 2.60. The van der Waals surface area contributed by atoms with E-state index < -0.39 is 32.3 Å². The van der Waals surface area contributed by atoms with Crippen LogP contribution in [-0.4, -0.2) is 39.1 Å². The van der Waals surface area contributed by atoms with E-state index >= 15 is 0 Å². The molecule has 21 heavy (non-hydrogen) atoms. The van der Waals surface area contributed by atoms with E-state index in [2.05, 4.69) is 10.0 Å². The van der Waals surface area contributed by atoms with Crippen LogP contribution in [0, 0.1) is 5.82 Å². The first-order chi connectivity index (χ1) is 9.79. The van der Waals surface area contributed by atoms with Crippen LogP contribution in [-0.2, 0) is 10.0 Å². The lowest BCUT2D eigenvalue weighted by Gasteiger charge is -2.10. The summed E-state index contributed by atoms with van der Waals surface area (Å²) < 4.78 is 40.1. The van der Waals surface area contributed by atoms with Crippen LogP contribution in [0.25, 0.3) is 0 Å². The summed E-state index contributed by atoms with van der Waals surface area (Å²) in [6, 6.07) is 1.75. The number of sulfonamides is 1. The molecule has 3 N–H and O–H groups in total. The molecule has 0 saturated heterocycles. The monoisotopic (exact) mass is 338 g/mol. The van der Waals surface area contributed by atoms with Crippen molar-refractivity contribution in [1.82, 2.24) is 10.0 Å². The molecule has 1 aromatic carbocycles. The first kappa shape index (κ1) is 17.8. The third kappa shape index (κ3) is 4.92. The largest absolute Gasteiger partial charge is 0.478 e. The van der Waals surface area contributed by atoms with Gasteiger partial charge in [0, 0.05) is 11.6 Å². The van der Waals surface area contributed by atoms with Crippen LogP contribution in [0.4, 0.5) is 4.39 Å². The minimum Gasteiger partial charge on any atom is -0.478 e. The normalized spacial score (nSPS) is 11.6. The van der Waals surface area contributed by atoms with Crippen molar-refractivity contribution < 1.29 is 22.7 Å². The van der Waals surface area contributed by atoms with E-state index in [1.54, 1.807) is 0 Å². The van der Waals surface area contributed by atoms with Crippen LogP contribution >= 0.6 is 11.6 Å². The number of rotatable bonds is 8. The number of benzene rings is 1. The molecule has 0 heterocycles. The van der Waals surface area contributed by atoms with Gasteiger partial charge in [-0.1, -0.05) is 18.5 Å². The lowest BCUT2D eigenvalue weighted by atomic mass is 10.2. The van der Waals surface area contributed by atoms with Gasteiger partial charge in [0.25, 0.3) is 0 Å².